The Morgan fingerprint density at radius 1 is 1.39 bits per heavy atom. The van der Waals surface area contributed by atoms with E-state index in [0.29, 0.717) is 17.6 Å². The van der Waals surface area contributed by atoms with Gasteiger partial charge in [-0.1, -0.05) is 23.5 Å². The second-order valence-electron chi connectivity index (χ2n) is 5.74. The topological polar surface area (TPSA) is 63.1 Å². The van der Waals surface area contributed by atoms with Crippen LogP contribution in [0.5, 0.6) is 0 Å². The average Bonchev–Trinajstić information content (AvgIpc) is 3.24. The van der Waals surface area contributed by atoms with Crippen LogP contribution in [-0.4, -0.2) is 38.6 Å². The normalized spacial score (nSPS) is 17.8. The van der Waals surface area contributed by atoms with Gasteiger partial charge in [0.1, 0.15) is 5.82 Å². The van der Waals surface area contributed by atoms with E-state index in [2.05, 4.69) is 15.3 Å². The summed E-state index contributed by atoms with van der Waals surface area (Å²) in [5, 5.41) is 3.57. The first-order chi connectivity index (χ1) is 11.2. The highest BCUT2D eigenvalue weighted by molar-refractivity contribution is 7.22. The SMILES string of the molecule is Cn1ccnc1C1CCN(C(=O)Nc2nc3ccccc3s2)C1. The highest BCUT2D eigenvalue weighted by atomic mass is 32.1. The van der Waals surface area contributed by atoms with E-state index in [0.717, 1.165) is 29.0 Å². The number of fused-ring (bicyclic) bond motifs is 1. The van der Waals surface area contributed by atoms with Gasteiger partial charge in [-0.2, -0.15) is 0 Å². The van der Waals surface area contributed by atoms with Crippen molar-refractivity contribution in [1.29, 1.82) is 0 Å². The number of hydrogen-bond acceptors (Lipinski definition) is 4. The largest absolute Gasteiger partial charge is 0.338 e. The lowest BCUT2D eigenvalue weighted by Crippen LogP contribution is -2.32. The third-order valence-electron chi connectivity index (χ3n) is 4.21. The van der Waals surface area contributed by atoms with Gasteiger partial charge in [0.2, 0.25) is 0 Å². The summed E-state index contributed by atoms with van der Waals surface area (Å²) in [4.78, 5) is 23.1. The molecule has 1 fully saturated rings. The fourth-order valence-corrected chi connectivity index (χ4v) is 3.88. The van der Waals surface area contributed by atoms with Gasteiger partial charge in [0, 0.05) is 38.4 Å². The van der Waals surface area contributed by atoms with E-state index >= 15 is 0 Å². The number of imidazole rings is 1. The van der Waals surface area contributed by atoms with E-state index in [9.17, 15) is 4.79 Å². The lowest BCUT2D eigenvalue weighted by molar-refractivity contribution is 0.222. The van der Waals surface area contributed by atoms with Gasteiger partial charge in [0.25, 0.3) is 0 Å². The van der Waals surface area contributed by atoms with Gasteiger partial charge in [-0.25, -0.2) is 14.8 Å². The predicted octanol–water partition coefficient (Wildman–Crippen LogP) is 3.05. The van der Waals surface area contributed by atoms with E-state index < -0.39 is 0 Å². The minimum absolute atomic E-state index is 0.0826. The molecule has 2 aromatic heterocycles. The number of likely N-dealkylation sites (tertiary alicyclic amines) is 1. The Labute approximate surface area is 137 Å². The highest BCUT2D eigenvalue weighted by Crippen LogP contribution is 2.28. The Morgan fingerprint density at radius 2 is 2.26 bits per heavy atom. The number of carbonyl (C=O) groups is 1. The summed E-state index contributed by atoms with van der Waals surface area (Å²) >= 11 is 1.50. The van der Waals surface area contributed by atoms with Gasteiger partial charge in [-0.05, 0) is 18.6 Å². The van der Waals surface area contributed by atoms with Crippen molar-refractivity contribution in [1.82, 2.24) is 19.4 Å². The van der Waals surface area contributed by atoms with Crippen LogP contribution in [0.3, 0.4) is 0 Å². The van der Waals surface area contributed by atoms with Crippen molar-refractivity contribution in [3.63, 3.8) is 0 Å². The van der Waals surface area contributed by atoms with Crippen LogP contribution in [0.15, 0.2) is 36.7 Å². The first-order valence-corrected chi connectivity index (χ1v) is 8.41. The molecule has 4 rings (SSSR count). The molecule has 6 nitrogen and oxygen atoms in total. The first kappa shape index (κ1) is 14.2. The Bertz CT molecular complexity index is 822. The summed E-state index contributed by atoms with van der Waals surface area (Å²) in [5.41, 5.74) is 0.917. The number of thiazole rings is 1. The summed E-state index contributed by atoms with van der Waals surface area (Å²) in [6.45, 7) is 1.44. The molecule has 0 radical (unpaired) electrons. The molecule has 118 valence electrons. The molecule has 0 bridgehead atoms. The number of anilines is 1. The van der Waals surface area contributed by atoms with Gasteiger partial charge < -0.3 is 9.47 Å². The third-order valence-corrected chi connectivity index (χ3v) is 5.16. The lowest BCUT2D eigenvalue weighted by atomic mass is 10.1. The molecular formula is C16H17N5OS. The molecule has 1 aromatic carbocycles. The van der Waals surface area contributed by atoms with Crippen LogP contribution < -0.4 is 5.32 Å². The number of urea groups is 1. The van der Waals surface area contributed by atoms with Gasteiger partial charge in [-0.15, -0.1) is 0 Å². The number of aryl methyl sites for hydroxylation is 1. The molecule has 23 heavy (non-hydrogen) atoms. The van der Waals surface area contributed by atoms with Gasteiger partial charge in [0.05, 0.1) is 10.2 Å². The standard InChI is InChI=1S/C16H17N5OS/c1-20-9-7-17-14(20)11-6-8-21(10-11)16(22)19-15-18-12-4-2-3-5-13(12)23-15/h2-5,7,9,11H,6,8,10H2,1H3,(H,18,19,22). The predicted molar refractivity (Wildman–Crippen MR) is 90.8 cm³/mol. The van der Waals surface area contributed by atoms with Crippen LogP contribution in [-0.2, 0) is 7.05 Å². The number of nitrogens with one attached hydrogen (secondary N) is 1. The Morgan fingerprint density at radius 3 is 3.04 bits per heavy atom. The maximum atomic E-state index is 12.4. The van der Waals surface area contributed by atoms with Crippen molar-refractivity contribution in [2.45, 2.75) is 12.3 Å². The zero-order valence-electron chi connectivity index (χ0n) is 12.8. The van der Waals surface area contributed by atoms with Crippen LogP contribution in [0.25, 0.3) is 10.2 Å². The molecule has 3 aromatic rings. The smallest absolute Gasteiger partial charge is 0.323 e. The molecule has 0 saturated carbocycles. The third kappa shape index (κ3) is 2.68. The Hall–Kier alpha value is -2.41. The highest BCUT2D eigenvalue weighted by Gasteiger charge is 2.29. The number of aromatic nitrogens is 3. The molecular weight excluding hydrogens is 310 g/mol. The van der Waals surface area contributed by atoms with Crippen LogP contribution >= 0.6 is 11.3 Å². The molecule has 1 aliphatic heterocycles. The summed E-state index contributed by atoms with van der Waals surface area (Å²) in [6, 6.07) is 7.81. The number of nitrogens with zero attached hydrogens (tertiary/aromatic N) is 4. The number of hydrogen-bond donors (Lipinski definition) is 1. The van der Waals surface area contributed by atoms with Gasteiger partial charge in [0.15, 0.2) is 5.13 Å². The Kier molecular flexibility index (Phi) is 3.49. The van der Waals surface area contributed by atoms with Crippen LogP contribution in [0.4, 0.5) is 9.93 Å². The molecule has 0 spiro atoms. The van der Waals surface area contributed by atoms with Crippen LogP contribution in [0.1, 0.15) is 18.2 Å². The van der Waals surface area contributed by atoms with Crippen molar-refractivity contribution < 1.29 is 4.79 Å². The summed E-state index contributed by atoms with van der Waals surface area (Å²) in [6.07, 6.45) is 4.69. The maximum Gasteiger partial charge on any atom is 0.323 e. The molecule has 3 heterocycles. The van der Waals surface area contributed by atoms with E-state index in [4.69, 9.17) is 0 Å². The summed E-state index contributed by atoms with van der Waals surface area (Å²) in [7, 11) is 1.99. The Balaban J connectivity index is 1.44. The summed E-state index contributed by atoms with van der Waals surface area (Å²) < 4.78 is 3.11. The van der Waals surface area contributed by atoms with E-state index in [-0.39, 0.29) is 6.03 Å². The van der Waals surface area contributed by atoms with Crippen molar-refractivity contribution >= 4 is 32.7 Å². The van der Waals surface area contributed by atoms with Crippen molar-refractivity contribution in [3.05, 3.63) is 42.5 Å². The first-order valence-electron chi connectivity index (χ1n) is 7.59. The molecule has 2 amide bonds. The van der Waals surface area contributed by atoms with E-state index in [1.807, 2.05) is 47.0 Å². The minimum atomic E-state index is -0.0826. The van der Waals surface area contributed by atoms with Crippen LogP contribution in [0, 0.1) is 0 Å². The molecule has 1 saturated heterocycles. The monoisotopic (exact) mass is 327 g/mol. The van der Waals surface area contributed by atoms with Crippen molar-refractivity contribution in [2.75, 3.05) is 18.4 Å². The van der Waals surface area contributed by atoms with Crippen molar-refractivity contribution in [3.8, 4) is 0 Å². The van der Waals surface area contributed by atoms with Gasteiger partial charge in [-0.3, -0.25) is 5.32 Å². The zero-order chi connectivity index (χ0) is 15.8. The second-order valence-corrected chi connectivity index (χ2v) is 6.78. The van der Waals surface area contributed by atoms with E-state index in [1.165, 1.54) is 11.3 Å². The number of rotatable bonds is 2. The lowest BCUT2D eigenvalue weighted by Gasteiger charge is -2.16. The molecule has 1 aliphatic rings. The number of carbonyl (C=O) groups excluding carboxylic acids is 1. The molecule has 1 atom stereocenters. The number of para-hydroxylation sites is 1. The molecule has 0 aliphatic carbocycles. The van der Waals surface area contributed by atoms with Crippen LogP contribution in [0.2, 0.25) is 0 Å². The number of benzene rings is 1. The quantitative estimate of drug-likeness (QED) is 0.787. The molecule has 1 unspecified atom stereocenters. The fraction of sp³-hybridized carbons (Fsp3) is 0.312. The van der Waals surface area contributed by atoms with E-state index in [1.54, 1.807) is 6.20 Å². The number of amides is 2. The second kappa shape index (κ2) is 5.66. The molecule has 7 heteroatoms. The van der Waals surface area contributed by atoms with Crippen molar-refractivity contribution in [2.24, 2.45) is 7.05 Å². The maximum absolute atomic E-state index is 12.4. The average molecular weight is 327 g/mol. The molecule has 1 N–H and O–H groups in total. The zero-order valence-corrected chi connectivity index (χ0v) is 13.6. The van der Waals surface area contributed by atoms with Gasteiger partial charge >= 0.3 is 6.03 Å². The minimum Gasteiger partial charge on any atom is -0.338 e. The summed E-state index contributed by atoms with van der Waals surface area (Å²) in [5.74, 6) is 1.34. The fourth-order valence-electron chi connectivity index (χ4n) is 3.02.